The molecule has 1 aromatic heterocycles. The molecule has 2 atom stereocenters. The summed E-state index contributed by atoms with van der Waals surface area (Å²) in [5.41, 5.74) is 1.18. The van der Waals surface area contributed by atoms with Crippen LogP contribution in [0.1, 0.15) is 41.7 Å². The first-order valence-corrected chi connectivity index (χ1v) is 8.22. The molecule has 24 heavy (non-hydrogen) atoms. The average Bonchev–Trinajstić information content (AvgIpc) is 2.61. The van der Waals surface area contributed by atoms with Gasteiger partial charge in [0.25, 0.3) is 5.91 Å². The molecular weight excluding hydrogens is 304 g/mol. The highest BCUT2D eigenvalue weighted by Crippen LogP contribution is 2.38. The van der Waals surface area contributed by atoms with Crippen molar-refractivity contribution in [2.45, 2.75) is 25.8 Å². The van der Waals surface area contributed by atoms with Crippen molar-refractivity contribution in [3.05, 3.63) is 64.1 Å². The van der Waals surface area contributed by atoms with Crippen LogP contribution in [0, 0.1) is 5.92 Å². The van der Waals surface area contributed by atoms with Crippen LogP contribution in [-0.4, -0.2) is 29.4 Å². The minimum absolute atomic E-state index is 0.0378. The number of likely N-dealkylation sites (tertiary alicyclic amines) is 1. The van der Waals surface area contributed by atoms with Gasteiger partial charge in [-0.3, -0.25) is 9.59 Å². The maximum Gasteiger partial charge on any atom is 0.254 e. The molecule has 0 aliphatic carbocycles. The number of nitrogens with zero attached hydrogens (tertiary/aromatic N) is 1. The second-order valence-electron chi connectivity index (χ2n) is 6.34. The molecule has 3 rings (SSSR count). The summed E-state index contributed by atoms with van der Waals surface area (Å²) in [6.45, 7) is 2.82. The van der Waals surface area contributed by atoms with Crippen LogP contribution in [0.5, 0.6) is 5.75 Å². The Labute approximate surface area is 141 Å². The number of pyridine rings is 1. The lowest BCUT2D eigenvalue weighted by molar-refractivity contribution is 0.0540. The molecule has 1 aliphatic rings. The van der Waals surface area contributed by atoms with Crippen molar-refractivity contribution in [3.8, 4) is 5.75 Å². The summed E-state index contributed by atoms with van der Waals surface area (Å²) in [6.07, 6.45) is 3.46. The molecule has 5 heteroatoms. The number of amides is 1. The summed E-state index contributed by atoms with van der Waals surface area (Å²) in [5, 5.41) is 0. The Morgan fingerprint density at radius 1 is 1.25 bits per heavy atom. The summed E-state index contributed by atoms with van der Waals surface area (Å²) in [6, 6.07) is 10.8. The Kier molecular flexibility index (Phi) is 4.69. The van der Waals surface area contributed by atoms with E-state index in [-0.39, 0.29) is 17.5 Å². The third-order valence-electron chi connectivity index (χ3n) is 4.60. The van der Waals surface area contributed by atoms with Gasteiger partial charge in [-0.05, 0) is 30.9 Å². The molecule has 5 nitrogen and oxygen atoms in total. The lowest BCUT2D eigenvalue weighted by Crippen LogP contribution is -2.42. The number of hydrogen-bond donors (Lipinski definition) is 1. The fourth-order valence-corrected chi connectivity index (χ4v) is 3.39. The molecule has 126 valence electrons. The lowest BCUT2D eigenvalue weighted by atomic mass is 9.89. The van der Waals surface area contributed by atoms with Gasteiger partial charge >= 0.3 is 0 Å². The number of benzene rings is 1. The van der Waals surface area contributed by atoms with Gasteiger partial charge in [0.05, 0.1) is 13.2 Å². The Balaban J connectivity index is 1.98. The van der Waals surface area contributed by atoms with Crippen molar-refractivity contribution in [2.75, 3.05) is 13.7 Å². The molecular formula is C19H22N2O3. The minimum Gasteiger partial charge on any atom is -0.496 e. The van der Waals surface area contributed by atoms with E-state index in [0.717, 1.165) is 24.2 Å². The first-order chi connectivity index (χ1) is 11.6. The van der Waals surface area contributed by atoms with Crippen LogP contribution in [0.25, 0.3) is 0 Å². The van der Waals surface area contributed by atoms with E-state index in [1.54, 1.807) is 13.2 Å². The van der Waals surface area contributed by atoms with E-state index < -0.39 is 0 Å². The van der Waals surface area contributed by atoms with Crippen LogP contribution in [0.15, 0.2) is 47.4 Å². The van der Waals surface area contributed by atoms with Crippen molar-refractivity contribution in [2.24, 2.45) is 5.92 Å². The fraction of sp³-hybridized carbons (Fsp3) is 0.368. The SMILES string of the molecule is COc1ccccc1[C@@H]1CC[C@H](C)CN1C(=O)c1cc[nH]c(=O)c1. The van der Waals surface area contributed by atoms with Crippen LogP contribution in [-0.2, 0) is 0 Å². The molecule has 2 aromatic rings. The number of methoxy groups -OCH3 is 1. The molecule has 2 heterocycles. The highest BCUT2D eigenvalue weighted by molar-refractivity contribution is 5.94. The molecule has 1 amide bonds. The maximum absolute atomic E-state index is 13.0. The number of aromatic amines is 1. The molecule has 0 unspecified atom stereocenters. The van der Waals surface area contributed by atoms with Gasteiger partial charge < -0.3 is 14.6 Å². The first kappa shape index (κ1) is 16.3. The van der Waals surface area contributed by atoms with Gasteiger partial charge in [-0.15, -0.1) is 0 Å². The van der Waals surface area contributed by atoms with E-state index in [9.17, 15) is 9.59 Å². The zero-order valence-electron chi connectivity index (χ0n) is 14.0. The van der Waals surface area contributed by atoms with Crippen LogP contribution in [0.4, 0.5) is 0 Å². The molecule has 0 bridgehead atoms. The Morgan fingerprint density at radius 3 is 2.79 bits per heavy atom. The second kappa shape index (κ2) is 6.91. The quantitative estimate of drug-likeness (QED) is 0.943. The van der Waals surface area contributed by atoms with Crippen molar-refractivity contribution in [1.82, 2.24) is 9.88 Å². The van der Waals surface area contributed by atoms with E-state index in [4.69, 9.17) is 4.74 Å². The Bertz CT molecular complexity index is 784. The van der Waals surface area contributed by atoms with Gasteiger partial charge in [0.1, 0.15) is 5.75 Å². The molecule has 0 radical (unpaired) electrons. The molecule has 1 saturated heterocycles. The second-order valence-corrected chi connectivity index (χ2v) is 6.34. The van der Waals surface area contributed by atoms with Crippen LogP contribution in [0.2, 0.25) is 0 Å². The van der Waals surface area contributed by atoms with E-state index >= 15 is 0 Å². The Hall–Kier alpha value is -2.56. The predicted molar refractivity (Wildman–Crippen MR) is 92.2 cm³/mol. The summed E-state index contributed by atoms with van der Waals surface area (Å²) < 4.78 is 5.49. The Morgan fingerprint density at radius 2 is 2.04 bits per heavy atom. The van der Waals surface area contributed by atoms with Gasteiger partial charge in [0.15, 0.2) is 0 Å². The number of hydrogen-bond acceptors (Lipinski definition) is 3. The first-order valence-electron chi connectivity index (χ1n) is 8.22. The third-order valence-corrected chi connectivity index (χ3v) is 4.60. The van der Waals surface area contributed by atoms with Crippen LogP contribution >= 0.6 is 0 Å². The standard InChI is InChI=1S/C19H22N2O3/c1-13-7-8-16(15-5-3-4-6-17(15)24-2)21(12-13)19(23)14-9-10-20-18(22)11-14/h3-6,9-11,13,16H,7-8,12H2,1-2H3,(H,20,22)/t13-,16-/m0/s1. The summed E-state index contributed by atoms with van der Waals surface area (Å²) in [7, 11) is 1.65. The van der Waals surface area contributed by atoms with Crippen molar-refractivity contribution in [1.29, 1.82) is 0 Å². The highest BCUT2D eigenvalue weighted by atomic mass is 16.5. The van der Waals surface area contributed by atoms with E-state index in [1.807, 2.05) is 29.2 Å². The van der Waals surface area contributed by atoms with Gasteiger partial charge in [0.2, 0.25) is 5.56 Å². The lowest BCUT2D eigenvalue weighted by Gasteiger charge is -2.39. The van der Waals surface area contributed by atoms with Gasteiger partial charge in [0, 0.05) is 29.9 Å². The number of aromatic nitrogens is 1. The number of H-pyrrole nitrogens is 1. The third kappa shape index (κ3) is 3.20. The molecule has 1 aliphatic heterocycles. The largest absolute Gasteiger partial charge is 0.496 e. The number of carbonyl (C=O) groups is 1. The molecule has 1 fully saturated rings. The summed E-state index contributed by atoms with van der Waals surface area (Å²) >= 11 is 0. The molecule has 0 saturated carbocycles. The van der Waals surface area contributed by atoms with Gasteiger partial charge in [-0.2, -0.15) is 0 Å². The van der Waals surface area contributed by atoms with E-state index in [1.165, 1.54) is 12.3 Å². The normalized spacial score (nSPS) is 20.7. The van der Waals surface area contributed by atoms with E-state index in [0.29, 0.717) is 18.0 Å². The van der Waals surface area contributed by atoms with Gasteiger partial charge in [-0.25, -0.2) is 0 Å². The van der Waals surface area contributed by atoms with Crippen molar-refractivity contribution >= 4 is 5.91 Å². The van der Waals surface area contributed by atoms with Crippen LogP contribution in [0.3, 0.4) is 0 Å². The van der Waals surface area contributed by atoms with Gasteiger partial charge in [-0.1, -0.05) is 25.1 Å². The summed E-state index contributed by atoms with van der Waals surface area (Å²) in [5.74, 6) is 1.12. The topological polar surface area (TPSA) is 62.4 Å². The smallest absolute Gasteiger partial charge is 0.254 e. The average molecular weight is 326 g/mol. The van der Waals surface area contributed by atoms with Crippen LogP contribution < -0.4 is 10.3 Å². The number of nitrogens with one attached hydrogen (secondary N) is 1. The number of ether oxygens (including phenoxy) is 1. The number of para-hydroxylation sites is 1. The molecule has 0 spiro atoms. The number of rotatable bonds is 3. The zero-order chi connectivity index (χ0) is 17.1. The highest BCUT2D eigenvalue weighted by Gasteiger charge is 2.33. The number of piperidine rings is 1. The molecule has 1 N–H and O–H groups in total. The monoisotopic (exact) mass is 326 g/mol. The zero-order valence-corrected chi connectivity index (χ0v) is 14.0. The van der Waals surface area contributed by atoms with Crippen molar-refractivity contribution < 1.29 is 9.53 Å². The van der Waals surface area contributed by atoms with E-state index in [2.05, 4.69) is 11.9 Å². The van der Waals surface area contributed by atoms with Crippen molar-refractivity contribution in [3.63, 3.8) is 0 Å². The number of carbonyl (C=O) groups excluding carboxylic acids is 1. The maximum atomic E-state index is 13.0. The summed E-state index contributed by atoms with van der Waals surface area (Å²) in [4.78, 5) is 29.0. The predicted octanol–water partition coefficient (Wildman–Crippen LogP) is 3.00. The molecule has 1 aromatic carbocycles. The minimum atomic E-state index is -0.264. The fourth-order valence-electron chi connectivity index (χ4n) is 3.39.